The molecule has 0 radical (unpaired) electrons. The van der Waals surface area contributed by atoms with Gasteiger partial charge in [0, 0.05) is 0 Å². The van der Waals surface area contributed by atoms with E-state index < -0.39 is 0 Å². The highest BCUT2D eigenvalue weighted by Crippen LogP contribution is 2.36. The summed E-state index contributed by atoms with van der Waals surface area (Å²) < 4.78 is 0. The molecule has 2 heteroatoms. The van der Waals surface area contributed by atoms with Crippen molar-refractivity contribution in [3.8, 4) is 0 Å². The maximum atomic E-state index is 12.6. The molecule has 0 fully saturated rings. The molecule has 2 aliphatic carbocycles. The Morgan fingerprint density at radius 2 is 1.00 bits per heavy atom. The molecule has 20 heavy (non-hydrogen) atoms. The third-order valence-corrected chi connectivity index (χ3v) is 4.68. The first kappa shape index (κ1) is 14.7. The first-order valence-corrected chi connectivity index (χ1v) is 7.04. The van der Waals surface area contributed by atoms with Gasteiger partial charge >= 0.3 is 0 Å². The lowest BCUT2D eigenvalue weighted by Gasteiger charge is -2.18. The quantitative estimate of drug-likeness (QED) is 0.728. The van der Waals surface area contributed by atoms with Gasteiger partial charge in [-0.15, -0.1) is 0 Å². The third kappa shape index (κ3) is 2.13. The van der Waals surface area contributed by atoms with Crippen molar-refractivity contribution in [3.05, 3.63) is 45.6 Å². The van der Waals surface area contributed by atoms with Crippen LogP contribution in [0.1, 0.15) is 41.5 Å². The fourth-order valence-corrected chi connectivity index (χ4v) is 3.31. The molecule has 0 bridgehead atoms. The molecule has 2 aliphatic rings. The number of allylic oxidation sites excluding steroid dienone is 8. The number of hydrogen-bond acceptors (Lipinski definition) is 2. The highest BCUT2D eigenvalue weighted by atomic mass is 16.2. The zero-order chi connectivity index (χ0) is 15.2. The molecular weight excluding hydrogens is 248 g/mol. The van der Waals surface area contributed by atoms with Gasteiger partial charge in [-0.1, -0.05) is 45.6 Å². The van der Waals surface area contributed by atoms with Crippen molar-refractivity contribution in [2.75, 3.05) is 0 Å². The molecule has 0 aliphatic heterocycles. The van der Waals surface area contributed by atoms with E-state index in [4.69, 9.17) is 0 Å². The van der Waals surface area contributed by atoms with Crippen LogP contribution in [0.15, 0.2) is 45.6 Å². The smallest absolute Gasteiger partial charge is 0.210 e. The van der Waals surface area contributed by atoms with Gasteiger partial charge in [-0.2, -0.15) is 0 Å². The Morgan fingerprint density at radius 3 is 1.20 bits per heavy atom. The molecule has 0 N–H and O–H groups in total. The standard InChI is InChI=1S/C18H22O2/c1-9-7-11(3)15(13(9)5)17(19)18(20)16-12(4)8-10(2)14(16)6/h7-8,15-16H,1-6H3. The third-order valence-electron chi connectivity index (χ3n) is 4.68. The maximum Gasteiger partial charge on any atom is 0.210 e. The number of carbonyl (C=O) groups excluding carboxylic acids is 2. The molecule has 2 unspecified atom stereocenters. The normalized spacial score (nSPS) is 26.1. The van der Waals surface area contributed by atoms with E-state index in [-0.39, 0.29) is 23.4 Å². The number of rotatable bonds is 3. The summed E-state index contributed by atoms with van der Waals surface area (Å²) >= 11 is 0. The first-order valence-electron chi connectivity index (χ1n) is 7.04. The van der Waals surface area contributed by atoms with E-state index >= 15 is 0 Å². The summed E-state index contributed by atoms with van der Waals surface area (Å²) in [4.78, 5) is 25.2. The van der Waals surface area contributed by atoms with E-state index in [0.717, 1.165) is 33.4 Å². The number of ketones is 2. The molecule has 0 heterocycles. The van der Waals surface area contributed by atoms with Crippen LogP contribution >= 0.6 is 0 Å². The average Bonchev–Trinajstić information content (AvgIpc) is 2.76. The van der Waals surface area contributed by atoms with Crippen LogP contribution < -0.4 is 0 Å². The van der Waals surface area contributed by atoms with Crippen molar-refractivity contribution >= 4 is 11.6 Å². The first-order chi connectivity index (χ1) is 9.25. The van der Waals surface area contributed by atoms with Crippen molar-refractivity contribution in [1.29, 1.82) is 0 Å². The summed E-state index contributed by atoms with van der Waals surface area (Å²) in [6, 6.07) is 0. The van der Waals surface area contributed by atoms with E-state index in [0.29, 0.717) is 0 Å². The van der Waals surface area contributed by atoms with Crippen LogP contribution in [0, 0.1) is 11.8 Å². The number of Topliss-reactive ketones (excluding diaryl/α,β-unsaturated/α-hetero) is 2. The second kappa shape index (κ2) is 5.01. The number of hydrogen-bond donors (Lipinski definition) is 0. The molecule has 2 atom stereocenters. The van der Waals surface area contributed by atoms with Crippen LogP contribution in [0.25, 0.3) is 0 Å². The SMILES string of the molecule is CC1=CC(C)=C(C)C1C(=O)C(=O)C1C(C)=CC(C)=C1C. The monoisotopic (exact) mass is 270 g/mol. The van der Waals surface area contributed by atoms with Crippen LogP contribution in [0.2, 0.25) is 0 Å². The summed E-state index contributed by atoms with van der Waals surface area (Å²) in [5.74, 6) is -1.21. The lowest BCUT2D eigenvalue weighted by Crippen LogP contribution is -2.31. The highest BCUT2D eigenvalue weighted by Gasteiger charge is 2.38. The van der Waals surface area contributed by atoms with E-state index in [2.05, 4.69) is 0 Å². The van der Waals surface area contributed by atoms with Crippen molar-refractivity contribution < 1.29 is 9.59 Å². The summed E-state index contributed by atoms with van der Waals surface area (Å²) in [5.41, 5.74) is 6.21. The topological polar surface area (TPSA) is 34.1 Å². The Labute approximate surface area is 120 Å². The van der Waals surface area contributed by atoms with Gasteiger partial charge in [0.15, 0.2) is 0 Å². The van der Waals surface area contributed by atoms with Gasteiger partial charge in [-0.25, -0.2) is 0 Å². The Bertz CT molecular complexity index is 568. The average molecular weight is 270 g/mol. The second-order valence-electron chi connectivity index (χ2n) is 6.10. The van der Waals surface area contributed by atoms with Gasteiger partial charge in [-0.05, 0) is 41.5 Å². The zero-order valence-corrected chi connectivity index (χ0v) is 13.1. The summed E-state index contributed by atoms with van der Waals surface area (Å²) in [7, 11) is 0. The molecule has 0 aromatic rings. The van der Waals surface area contributed by atoms with E-state index in [1.54, 1.807) is 0 Å². The van der Waals surface area contributed by atoms with Gasteiger partial charge in [0.05, 0.1) is 11.8 Å². The van der Waals surface area contributed by atoms with E-state index in [1.165, 1.54) is 0 Å². The van der Waals surface area contributed by atoms with Gasteiger partial charge in [0.2, 0.25) is 11.6 Å². The Balaban J connectivity index is 2.31. The molecule has 0 saturated carbocycles. The van der Waals surface area contributed by atoms with Crippen molar-refractivity contribution in [1.82, 2.24) is 0 Å². The van der Waals surface area contributed by atoms with Gasteiger partial charge < -0.3 is 0 Å². The van der Waals surface area contributed by atoms with Gasteiger partial charge in [0.25, 0.3) is 0 Å². The Kier molecular flexibility index (Phi) is 3.68. The van der Waals surface area contributed by atoms with E-state index in [1.807, 2.05) is 53.7 Å². The van der Waals surface area contributed by atoms with Crippen LogP contribution in [-0.4, -0.2) is 11.6 Å². The lowest BCUT2D eigenvalue weighted by molar-refractivity contribution is -0.138. The fraction of sp³-hybridized carbons (Fsp3) is 0.444. The maximum absolute atomic E-state index is 12.6. The molecule has 0 spiro atoms. The van der Waals surface area contributed by atoms with Crippen LogP contribution in [0.3, 0.4) is 0 Å². The molecule has 0 saturated heterocycles. The Morgan fingerprint density at radius 1 is 0.700 bits per heavy atom. The minimum absolute atomic E-state index is 0.264. The van der Waals surface area contributed by atoms with Crippen molar-refractivity contribution in [2.24, 2.45) is 11.8 Å². The molecular formula is C18H22O2. The molecule has 0 aromatic carbocycles. The minimum Gasteiger partial charge on any atom is -0.290 e. The molecule has 2 rings (SSSR count). The van der Waals surface area contributed by atoms with Crippen molar-refractivity contribution in [3.63, 3.8) is 0 Å². The van der Waals surface area contributed by atoms with Crippen LogP contribution in [0.5, 0.6) is 0 Å². The highest BCUT2D eigenvalue weighted by molar-refractivity contribution is 6.41. The molecule has 2 nitrogen and oxygen atoms in total. The second-order valence-corrected chi connectivity index (χ2v) is 6.10. The molecule has 0 aromatic heterocycles. The van der Waals surface area contributed by atoms with Crippen LogP contribution in [0.4, 0.5) is 0 Å². The predicted molar refractivity (Wildman–Crippen MR) is 81.3 cm³/mol. The van der Waals surface area contributed by atoms with Crippen molar-refractivity contribution in [2.45, 2.75) is 41.5 Å². The predicted octanol–water partition coefficient (Wildman–Crippen LogP) is 3.95. The molecule has 0 amide bonds. The Hall–Kier alpha value is -1.70. The van der Waals surface area contributed by atoms with E-state index in [9.17, 15) is 9.59 Å². The van der Waals surface area contributed by atoms with Gasteiger partial charge in [0.1, 0.15) is 0 Å². The minimum atomic E-state index is -0.344. The largest absolute Gasteiger partial charge is 0.290 e. The summed E-state index contributed by atoms with van der Waals surface area (Å²) in [6.07, 6.45) is 4.02. The lowest BCUT2D eigenvalue weighted by atomic mass is 9.82. The van der Waals surface area contributed by atoms with Crippen LogP contribution in [-0.2, 0) is 9.59 Å². The summed E-state index contributed by atoms with van der Waals surface area (Å²) in [6.45, 7) is 11.7. The summed E-state index contributed by atoms with van der Waals surface area (Å²) in [5, 5.41) is 0. The molecule has 106 valence electrons. The zero-order valence-electron chi connectivity index (χ0n) is 13.1. The number of carbonyl (C=O) groups is 2. The van der Waals surface area contributed by atoms with Gasteiger partial charge in [-0.3, -0.25) is 9.59 Å². The fourth-order valence-electron chi connectivity index (χ4n) is 3.31.